The quantitative estimate of drug-likeness (QED) is 0.814. The summed E-state index contributed by atoms with van der Waals surface area (Å²) in [6, 6.07) is 4.18. The monoisotopic (exact) mass is 247 g/mol. The van der Waals surface area contributed by atoms with E-state index in [9.17, 15) is 4.79 Å². The van der Waals surface area contributed by atoms with Crippen molar-refractivity contribution in [1.82, 2.24) is 14.8 Å². The summed E-state index contributed by atoms with van der Waals surface area (Å²) in [6.07, 6.45) is 4.50. The van der Waals surface area contributed by atoms with Crippen LogP contribution in [-0.4, -0.2) is 52.9 Å². The molecule has 0 N–H and O–H groups in total. The summed E-state index contributed by atoms with van der Waals surface area (Å²) < 4.78 is 0. The molecule has 18 heavy (non-hydrogen) atoms. The summed E-state index contributed by atoms with van der Waals surface area (Å²) in [5, 5.41) is 0. The van der Waals surface area contributed by atoms with Crippen LogP contribution in [0.5, 0.6) is 0 Å². The number of aromatic nitrogens is 1. The van der Waals surface area contributed by atoms with Crippen LogP contribution in [0.3, 0.4) is 0 Å². The molecule has 0 bridgehead atoms. The average molecular weight is 247 g/mol. The Labute approximate surface area is 109 Å². The zero-order valence-corrected chi connectivity index (χ0v) is 11.2. The van der Waals surface area contributed by atoms with E-state index in [1.807, 2.05) is 4.90 Å². The third-order valence-corrected chi connectivity index (χ3v) is 3.74. The Kier molecular flexibility index (Phi) is 4.31. The second-order valence-electron chi connectivity index (χ2n) is 4.82. The number of carbonyl (C=O) groups is 1. The van der Waals surface area contributed by atoms with E-state index in [-0.39, 0.29) is 5.91 Å². The third kappa shape index (κ3) is 2.88. The minimum atomic E-state index is 0.126. The Morgan fingerprint density at radius 3 is 2.44 bits per heavy atom. The van der Waals surface area contributed by atoms with Crippen molar-refractivity contribution >= 4 is 5.91 Å². The normalized spacial score (nSPS) is 18.7. The first-order valence-corrected chi connectivity index (χ1v) is 6.65. The van der Waals surface area contributed by atoms with Gasteiger partial charge in [0.2, 0.25) is 0 Å². The van der Waals surface area contributed by atoms with Crippen LogP contribution in [0, 0.1) is 0 Å². The highest BCUT2D eigenvalue weighted by molar-refractivity contribution is 5.94. The molecule has 1 amide bonds. The predicted molar refractivity (Wildman–Crippen MR) is 71.5 cm³/mol. The molecule has 1 aromatic rings. The van der Waals surface area contributed by atoms with Crippen molar-refractivity contribution in [3.63, 3.8) is 0 Å². The van der Waals surface area contributed by atoms with E-state index >= 15 is 0 Å². The van der Waals surface area contributed by atoms with Gasteiger partial charge in [-0.2, -0.15) is 0 Å². The molecule has 4 heteroatoms. The van der Waals surface area contributed by atoms with Crippen LogP contribution in [0.25, 0.3) is 0 Å². The predicted octanol–water partition coefficient (Wildman–Crippen LogP) is 1.64. The lowest BCUT2D eigenvalue weighted by molar-refractivity contribution is 0.0579. The van der Waals surface area contributed by atoms with Crippen LogP contribution >= 0.6 is 0 Å². The van der Waals surface area contributed by atoms with E-state index in [4.69, 9.17) is 0 Å². The van der Waals surface area contributed by atoms with Crippen LogP contribution < -0.4 is 0 Å². The number of amides is 1. The van der Waals surface area contributed by atoms with E-state index in [2.05, 4.69) is 23.7 Å². The SMILES string of the molecule is CC[C@@H](C)N1CCN(C(=O)c2ccncc2)CC1. The van der Waals surface area contributed by atoms with Gasteiger partial charge in [-0.05, 0) is 25.5 Å². The zero-order chi connectivity index (χ0) is 13.0. The largest absolute Gasteiger partial charge is 0.336 e. The van der Waals surface area contributed by atoms with Gasteiger partial charge in [0.25, 0.3) is 5.91 Å². The van der Waals surface area contributed by atoms with Crippen molar-refractivity contribution in [3.05, 3.63) is 30.1 Å². The first kappa shape index (κ1) is 13.0. The summed E-state index contributed by atoms with van der Waals surface area (Å²) in [5.74, 6) is 0.126. The topological polar surface area (TPSA) is 36.4 Å². The molecule has 0 saturated carbocycles. The van der Waals surface area contributed by atoms with Crippen molar-refractivity contribution in [2.45, 2.75) is 26.3 Å². The number of rotatable bonds is 3. The molecule has 2 rings (SSSR count). The van der Waals surface area contributed by atoms with Crippen molar-refractivity contribution in [2.24, 2.45) is 0 Å². The molecule has 1 aliphatic rings. The molecular formula is C14H21N3O. The summed E-state index contributed by atoms with van der Waals surface area (Å²) >= 11 is 0. The number of carbonyl (C=O) groups excluding carboxylic acids is 1. The second kappa shape index (κ2) is 5.96. The van der Waals surface area contributed by atoms with Crippen molar-refractivity contribution in [1.29, 1.82) is 0 Å². The molecule has 1 atom stereocenters. The average Bonchev–Trinajstić information content (AvgIpc) is 2.47. The Balaban J connectivity index is 1.92. The Morgan fingerprint density at radius 1 is 1.28 bits per heavy atom. The Hall–Kier alpha value is -1.42. The van der Waals surface area contributed by atoms with E-state index in [0.717, 1.165) is 38.2 Å². The van der Waals surface area contributed by atoms with Gasteiger partial charge >= 0.3 is 0 Å². The minimum Gasteiger partial charge on any atom is -0.336 e. The van der Waals surface area contributed by atoms with Gasteiger partial charge in [-0.3, -0.25) is 14.7 Å². The van der Waals surface area contributed by atoms with Gasteiger partial charge in [0.1, 0.15) is 0 Å². The number of piperazine rings is 1. The van der Waals surface area contributed by atoms with Gasteiger partial charge in [-0.1, -0.05) is 6.92 Å². The minimum absolute atomic E-state index is 0.126. The highest BCUT2D eigenvalue weighted by atomic mass is 16.2. The van der Waals surface area contributed by atoms with E-state index in [1.165, 1.54) is 0 Å². The Morgan fingerprint density at radius 2 is 1.89 bits per heavy atom. The van der Waals surface area contributed by atoms with Gasteiger partial charge in [0, 0.05) is 50.2 Å². The van der Waals surface area contributed by atoms with Gasteiger partial charge < -0.3 is 4.90 Å². The number of hydrogen-bond acceptors (Lipinski definition) is 3. The molecule has 1 aromatic heterocycles. The van der Waals surface area contributed by atoms with E-state index in [1.54, 1.807) is 24.5 Å². The van der Waals surface area contributed by atoms with Gasteiger partial charge in [0.05, 0.1) is 0 Å². The van der Waals surface area contributed by atoms with E-state index < -0.39 is 0 Å². The summed E-state index contributed by atoms with van der Waals surface area (Å²) in [7, 11) is 0. The van der Waals surface area contributed by atoms with Crippen molar-refractivity contribution in [2.75, 3.05) is 26.2 Å². The zero-order valence-electron chi connectivity index (χ0n) is 11.2. The highest BCUT2D eigenvalue weighted by Crippen LogP contribution is 2.11. The molecule has 1 aliphatic heterocycles. The molecule has 0 aliphatic carbocycles. The van der Waals surface area contributed by atoms with Crippen LogP contribution in [0.4, 0.5) is 0 Å². The van der Waals surface area contributed by atoms with Crippen LogP contribution in [0.1, 0.15) is 30.6 Å². The smallest absolute Gasteiger partial charge is 0.254 e. The molecule has 98 valence electrons. The van der Waals surface area contributed by atoms with Crippen molar-refractivity contribution < 1.29 is 4.79 Å². The molecule has 0 radical (unpaired) electrons. The maximum absolute atomic E-state index is 12.2. The maximum Gasteiger partial charge on any atom is 0.254 e. The van der Waals surface area contributed by atoms with Crippen LogP contribution in [0.15, 0.2) is 24.5 Å². The first-order valence-electron chi connectivity index (χ1n) is 6.65. The number of pyridine rings is 1. The Bertz CT molecular complexity index is 385. The highest BCUT2D eigenvalue weighted by Gasteiger charge is 2.23. The van der Waals surface area contributed by atoms with Gasteiger partial charge in [-0.25, -0.2) is 0 Å². The standard InChI is InChI=1S/C14H21N3O/c1-3-12(2)16-8-10-17(11-9-16)14(18)13-4-6-15-7-5-13/h4-7,12H,3,8-11H2,1-2H3/t12-/m1/s1. The van der Waals surface area contributed by atoms with E-state index in [0.29, 0.717) is 6.04 Å². The van der Waals surface area contributed by atoms with Crippen LogP contribution in [-0.2, 0) is 0 Å². The molecular weight excluding hydrogens is 226 g/mol. The number of nitrogens with zero attached hydrogens (tertiary/aromatic N) is 3. The fraction of sp³-hybridized carbons (Fsp3) is 0.571. The number of hydrogen-bond donors (Lipinski definition) is 0. The molecule has 2 heterocycles. The first-order chi connectivity index (χ1) is 8.72. The third-order valence-electron chi connectivity index (χ3n) is 3.74. The lowest BCUT2D eigenvalue weighted by Gasteiger charge is -2.37. The lowest BCUT2D eigenvalue weighted by Crippen LogP contribution is -2.51. The molecule has 1 fully saturated rings. The lowest BCUT2D eigenvalue weighted by atomic mass is 10.1. The molecule has 0 spiro atoms. The fourth-order valence-corrected chi connectivity index (χ4v) is 2.30. The van der Waals surface area contributed by atoms with Crippen molar-refractivity contribution in [3.8, 4) is 0 Å². The molecule has 4 nitrogen and oxygen atoms in total. The summed E-state index contributed by atoms with van der Waals surface area (Å²) in [5.41, 5.74) is 0.738. The van der Waals surface area contributed by atoms with Gasteiger partial charge in [-0.15, -0.1) is 0 Å². The summed E-state index contributed by atoms with van der Waals surface area (Å²) in [4.78, 5) is 20.6. The van der Waals surface area contributed by atoms with Crippen LogP contribution in [0.2, 0.25) is 0 Å². The fourth-order valence-electron chi connectivity index (χ4n) is 2.30. The summed E-state index contributed by atoms with van der Waals surface area (Å²) in [6.45, 7) is 8.06. The molecule has 0 unspecified atom stereocenters. The molecule has 1 saturated heterocycles. The molecule has 0 aromatic carbocycles. The maximum atomic E-state index is 12.2. The van der Waals surface area contributed by atoms with Gasteiger partial charge in [0.15, 0.2) is 0 Å². The second-order valence-corrected chi connectivity index (χ2v) is 4.82.